The third kappa shape index (κ3) is 4.46. The molecule has 0 aliphatic heterocycles. The standard InChI is InChI=1S/C15H21N3O3/c1-10(2)8-13(16)15-18-17-14(21-15)9-20-12-6-4-11(19-3)5-7-12/h4-7,10,13H,8-9,16H2,1-3H3. The summed E-state index contributed by atoms with van der Waals surface area (Å²) in [5.74, 6) is 2.84. The van der Waals surface area contributed by atoms with Gasteiger partial charge in [-0.1, -0.05) is 13.8 Å². The van der Waals surface area contributed by atoms with Gasteiger partial charge in [-0.15, -0.1) is 10.2 Å². The van der Waals surface area contributed by atoms with Gasteiger partial charge in [0.05, 0.1) is 13.2 Å². The third-order valence-corrected chi connectivity index (χ3v) is 2.95. The van der Waals surface area contributed by atoms with Crippen molar-refractivity contribution in [3.05, 3.63) is 36.0 Å². The summed E-state index contributed by atoms with van der Waals surface area (Å²) < 4.78 is 16.2. The van der Waals surface area contributed by atoms with Gasteiger partial charge in [0.25, 0.3) is 5.89 Å². The largest absolute Gasteiger partial charge is 0.497 e. The predicted octanol–water partition coefficient (Wildman–Crippen LogP) is 2.70. The Balaban J connectivity index is 1.90. The van der Waals surface area contributed by atoms with Crippen molar-refractivity contribution in [2.75, 3.05) is 7.11 Å². The van der Waals surface area contributed by atoms with Crippen LogP contribution < -0.4 is 15.2 Å². The van der Waals surface area contributed by atoms with E-state index in [0.717, 1.165) is 12.2 Å². The van der Waals surface area contributed by atoms with Crippen molar-refractivity contribution in [3.63, 3.8) is 0 Å². The summed E-state index contributed by atoms with van der Waals surface area (Å²) >= 11 is 0. The van der Waals surface area contributed by atoms with Crippen LogP contribution in [0.1, 0.15) is 38.1 Å². The molecule has 0 saturated heterocycles. The first kappa shape index (κ1) is 15.3. The highest BCUT2D eigenvalue weighted by Gasteiger charge is 2.16. The molecule has 1 aromatic carbocycles. The second kappa shape index (κ2) is 7.08. The van der Waals surface area contributed by atoms with Crippen molar-refractivity contribution in [3.8, 4) is 11.5 Å². The summed E-state index contributed by atoms with van der Waals surface area (Å²) in [6.07, 6.45) is 0.807. The Morgan fingerprint density at radius 2 is 1.81 bits per heavy atom. The number of benzene rings is 1. The summed E-state index contributed by atoms with van der Waals surface area (Å²) in [5, 5.41) is 7.91. The number of ether oxygens (including phenoxy) is 2. The summed E-state index contributed by atoms with van der Waals surface area (Å²) in [4.78, 5) is 0. The molecule has 1 atom stereocenters. The zero-order chi connectivity index (χ0) is 15.2. The minimum Gasteiger partial charge on any atom is -0.497 e. The minimum absolute atomic E-state index is 0.216. The van der Waals surface area contributed by atoms with Gasteiger partial charge >= 0.3 is 0 Å². The summed E-state index contributed by atoms with van der Waals surface area (Å²) in [6.45, 7) is 4.42. The lowest BCUT2D eigenvalue weighted by atomic mass is 10.1. The first-order valence-corrected chi connectivity index (χ1v) is 6.93. The van der Waals surface area contributed by atoms with Crippen LogP contribution in [0.4, 0.5) is 0 Å². The molecule has 2 N–H and O–H groups in total. The lowest BCUT2D eigenvalue weighted by Gasteiger charge is -2.09. The molecule has 0 aliphatic rings. The molecular weight excluding hydrogens is 270 g/mol. The van der Waals surface area contributed by atoms with E-state index in [9.17, 15) is 0 Å². The van der Waals surface area contributed by atoms with Gasteiger partial charge in [-0.3, -0.25) is 0 Å². The molecule has 6 heteroatoms. The maximum absolute atomic E-state index is 6.00. The van der Waals surface area contributed by atoms with Gasteiger partial charge in [-0.2, -0.15) is 0 Å². The van der Waals surface area contributed by atoms with Gasteiger partial charge in [0.2, 0.25) is 5.89 Å². The fraction of sp³-hybridized carbons (Fsp3) is 0.467. The highest BCUT2D eigenvalue weighted by atomic mass is 16.5. The van der Waals surface area contributed by atoms with Crippen molar-refractivity contribution in [1.82, 2.24) is 10.2 Å². The van der Waals surface area contributed by atoms with Crippen molar-refractivity contribution in [2.45, 2.75) is 32.9 Å². The fourth-order valence-electron chi connectivity index (χ4n) is 1.90. The molecule has 0 aliphatic carbocycles. The van der Waals surface area contributed by atoms with Crippen LogP contribution in [-0.4, -0.2) is 17.3 Å². The minimum atomic E-state index is -0.229. The zero-order valence-electron chi connectivity index (χ0n) is 12.6. The molecule has 6 nitrogen and oxygen atoms in total. The molecule has 0 bridgehead atoms. The topological polar surface area (TPSA) is 83.4 Å². The quantitative estimate of drug-likeness (QED) is 0.844. The molecule has 0 saturated carbocycles. The molecule has 21 heavy (non-hydrogen) atoms. The third-order valence-electron chi connectivity index (χ3n) is 2.95. The number of rotatable bonds is 7. The first-order chi connectivity index (χ1) is 10.1. The SMILES string of the molecule is COc1ccc(OCc2nnc(C(N)CC(C)C)o2)cc1. The van der Waals surface area contributed by atoms with E-state index in [1.54, 1.807) is 7.11 Å². The highest BCUT2D eigenvalue weighted by Crippen LogP contribution is 2.20. The van der Waals surface area contributed by atoms with E-state index in [-0.39, 0.29) is 12.6 Å². The number of nitrogens with two attached hydrogens (primary N) is 1. The van der Waals surface area contributed by atoms with Gasteiger partial charge < -0.3 is 19.6 Å². The Morgan fingerprint density at radius 1 is 1.14 bits per heavy atom. The average Bonchev–Trinajstić information content (AvgIpc) is 2.94. The van der Waals surface area contributed by atoms with Crippen LogP contribution in [0.25, 0.3) is 0 Å². The van der Waals surface area contributed by atoms with Crippen LogP contribution in [0.15, 0.2) is 28.7 Å². The van der Waals surface area contributed by atoms with Crippen molar-refractivity contribution in [1.29, 1.82) is 0 Å². The van der Waals surface area contributed by atoms with Crippen molar-refractivity contribution >= 4 is 0 Å². The normalized spacial score (nSPS) is 12.4. The van der Waals surface area contributed by atoms with Crippen molar-refractivity contribution in [2.24, 2.45) is 11.7 Å². The van der Waals surface area contributed by atoms with E-state index in [1.165, 1.54) is 0 Å². The van der Waals surface area contributed by atoms with Crippen LogP contribution in [0.3, 0.4) is 0 Å². The van der Waals surface area contributed by atoms with Gasteiger partial charge in [-0.05, 0) is 36.6 Å². The van der Waals surface area contributed by atoms with E-state index < -0.39 is 0 Å². The number of hydrogen-bond acceptors (Lipinski definition) is 6. The zero-order valence-corrected chi connectivity index (χ0v) is 12.6. The van der Waals surface area contributed by atoms with E-state index in [2.05, 4.69) is 24.0 Å². The Labute approximate surface area is 124 Å². The molecule has 0 spiro atoms. The van der Waals surface area contributed by atoms with Crippen molar-refractivity contribution < 1.29 is 13.9 Å². The Kier molecular flexibility index (Phi) is 5.16. The van der Waals surface area contributed by atoms with Gasteiger partial charge in [0.15, 0.2) is 6.61 Å². The highest BCUT2D eigenvalue weighted by molar-refractivity contribution is 5.31. The van der Waals surface area contributed by atoms with E-state index >= 15 is 0 Å². The second-order valence-electron chi connectivity index (χ2n) is 5.23. The lowest BCUT2D eigenvalue weighted by Crippen LogP contribution is -2.13. The average molecular weight is 291 g/mol. The summed E-state index contributed by atoms with van der Waals surface area (Å²) in [5.41, 5.74) is 6.00. The van der Waals surface area contributed by atoms with Gasteiger partial charge in [-0.25, -0.2) is 0 Å². The first-order valence-electron chi connectivity index (χ1n) is 6.93. The van der Waals surface area contributed by atoms with E-state index in [4.69, 9.17) is 19.6 Å². The summed E-state index contributed by atoms with van der Waals surface area (Å²) in [6, 6.07) is 7.06. The summed E-state index contributed by atoms with van der Waals surface area (Å²) in [7, 11) is 1.62. The molecule has 114 valence electrons. The molecule has 2 rings (SSSR count). The van der Waals surface area contributed by atoms with E-state index in [0.29, 0.717) is 23.4 Å². The monoisotopic (exact) mass is 291 g/mol. The lowest BCUT2D eigenvalue weighted by molar-refractivity contribution is 0.254. The molecule has 1 unspecified atom stereocenters. The number of aromatic nitrogens is 2. The van der Waals surface area contributed by atoms with Gasteiger partial charge in [0, 0.05) is 0 Å². The fourth-order valence-corrected chi connectivity index (χ4v) is 1.90. The van der Waals surface area contributed by atoms with Crippen LogP contribution in [0.2, 0.25) is 0 Å². The van der Waals surface area contributed by atoms with Crippen LogP contribution in [-0.2, 0) is 6.61 Å². The maximum atomic E-state index is 6.00. The van der Waals surface area contributed by atoms with Crippen LogP contribution >= 0.6 is 0 Å². The van der Waals surface area contributed by atoms with Crippen LogP contribution in [0, 0.1) is 5.92 Å². The molecule has 0 radical (unpaired) electrons. The number of methoxy groups -OCH3 is 1. The molecule has 0 fully saturated rings. The molecule has 0 amide bonds. The smallest absolute Gasteiger partial charge is 0.253 e. The van der Waals surface area contributed by atoms with Crippen LogP contribution in [0.5, 0.6) is 11.5 Å². The number of hydrogen-bond donors (Lipinski definition) is 1. The Hall–Kier alpha value is -2.08. The number of nitrogens with zero attached hydrogens (tertiary/aromatic N) is 2. The molecule has 2 aromatic rings. The predicted molar refractivity (Wildman–Crippen MR) is 78.0 cm³/mol. The van der Waals surface area contributed by atoms with Gasteiger partial charge in [0.1, 0.15) is 11.5 Å². The molecule has 1 aromatic heterocycles. The molecule has 1 heterocycles. The molecular formula is C15H21N3O3. The Bertz CT molecular complexity index is 552. The maximum Gasteiger partial charge on any atom is 0.253 e. The van der Waals surface area contributed by atoms with E-state index in [1.807, 2.05) is 24.3 Å². The Morgan fingerprint density at radius 3 is 2.43 bits per heavy atom. The second-order valence-corrected chi connectivity index (χ2v) is 5.23.